The molecule has 0 aliphatic rings. The van der Waals surface area contributed by atoms with Gasteiger partial charge in [-0.3, -0.25) is 4.57 Å². The lowest BCUT2D eigenvalue weighted by atomic mass is 10.2. The van der Waals surface area contributed by atoms with Crippen LogP contribution < -0.4 is 10.5 Å². The minimum atomic E-state index is -1.72. The van der Waals surface area contributed by atoms with E-state index in [0.717, 1.165) is 6.07 Å². The highest BCUT2D eigenvalue weighted by Gasteiger charge is 2.38. The molecule has 2 N–H and O–H groups in total. The number of ether oxygens (including phenoxy) is 3. The molecule has 0 aromatic heterocycles. The van der Waals surface area contributed by atoms with Crippen LogP contribution in [0, 0.1) is 5.82 Å². The molecule has 0 aliphatic carbocycles. The summed E-state index contributed by atoms with van der Waals surface area (Å²) in [6.45, 7) is 3.69. The van der Waals surface area contributed by atoms with Gasteiger partial charge in [-0.2, -0.15) is 0 Å². The Labute approximate surface area is 117 Å². The maximum atomic E-state index is 14.1. The maximum Gasteiger partial charge on any atom is 0.409 e. The molecule has 0 spiro atoms. The van der Waals surface area contributed by atoms with E-state index < -0.39 is 25.9 Å². The van der Waals surface area contributed by atoms with Crippen LogP contribution in [0.1, 0.15) is 19.4 Å². The lowest BCUT2D eigenvalue weighted by Crippen LogP contribution is -2.28. The molecule has 110 valence electrons. The minimum absolute atomic E-state index is 0.0605. The van der Waals surface area contributed by atoms with Crippen LogP contribution in [0.5, 0.6) is 5.75 Å². The van der Waals surface area contributed by atoms with Gasteiger partial charge in [-0.1, -0.05) is 0 Å². The molecule has 0 fully saturated rings. The van der Waals surface area contributed by atoms with Gasteiger partial charge < -0.3 is 19.9 Å². The van der Waals surface area contributed by atoms with Crippen LogP contribution in [0.25, 0.3) is 0 Å². The van der Waals surface area contributed by atoms with Crippen molar-refractivity contribution in [2.24, 2.45) is 5.73 Å². The molecule has 0 aliphatic heterocycles. The lowest BCUT2D eigenvalue weighted by Gasteiger charge is -2.27. The molecule has 0 bridgehead atoms. The van der Waals surface area contributed by atoms with Crippen LogP contribution in [0.15, 0.2) is 18.2 Å². The first-order valence-electron chi connectivity index (χ1n) is 5.88. The summed E-state index contributed by atoms with van der Waals surface area (Å²) in [5.74, 6) is -0.850. The van der Waals surface area contributed by atoms with Crippen molar-refractivity contribution < 1.29 is 28.0 Å². The van der Waals surface area contributed by atoms with E-state index in [1.54, 1.807) is 13.8 Å². The summed E-state index contributed by atoms with van der Waals surface area (Å²) in [4.78, 5) is 10.6. The summed E-state index contributed by atoms with van der Waals surface area (Å²) in [7, 11) is -0.540. The Hall–Kier alpha value is -1.56. The van der Waals surface area contributed by atoms with Crippen LogP contribution >= 0.6 is 8.46 Å². The van der Waals surface area contributed by atoms with Crippen LogP contribution in [-0.2, 0) is 19.6 Å². The Kier molecular flexibility index (Phi) is 6.01. The van der Waals surface area contributed by atoms with Crippen molar-refractivity contribution in [2.75, 3.05) is 13.2 Å². The monoisotopic (exact) mass is 303 g/mol. The Bertz CT molecular complexity index is 491. The number of benzene rings is 1. The Morgan fingerprint density at radius 2 is 1.95 bits per heavy atom. The second-order valence-electron chi connectivity index (χ2n) is 3.60. The molecule has 0 heterocycles. The summed E-state index contributed by atoms with van der Waals surface area (Å²) in [5, 5.41) is 0. The van der Waals surface area contributed by atoms with Crippen LogP contribution in [0.2, 0.25) is 0 Å². The van der Waals surface area contributed by atoms with Gasteiger partial charge in [-0.05, 0) is 26.0 Å². The van der Waals surface area contributed by atoms with E-state index in [1.807, 2.05) is 0 Å². The molecule has 0 saturated heterocycles. The van der Waals surface area contributed by atoms with Crippen molar-refractivity contribution >= 4 is 14.6 Å². The average molecular weight is 303 g/mol. The molecule has 1 rings (SSSR count). The number of hydrogen-bond acceptors (Lipinski definition) is 5. The second-order valence-corrected chi connectivity index (χ2v) is 4.37. The van der Waals surface area contributed by atoms with E-state index >= 15 is 0 Å². The zero-order valence-electron chi connectivity index (χ0n) is 11.1. The molecular weight excluding hydrogens is 288 g/mol. The Morgan fingerprint density at radius 1 is 1.35 bits per heavy atom. The summed E-state index contributed by atoms with van der Waals surface area (Å²) in [6.07, 6.45) is -1.06. The molecule has 20 heavy (non-hydrogen) atoms. The van der Waals surface area contributed by atoms with Gasteiger partial charge >= 0.3 is 6.09 Å². The van der Waals surface area contributed by atoms with Gasteiger partial charge in [0.2, 0.25) is 8.46 Å². The molecule has 8 heteroatoms. The third kappa shape index (κ3) is 3.72. The maximum absolute atomic E-state index is 14.1. The smallest absolute Gasteiger partial charge is 0.409 e. The number of carbonyl (C=O) groups is 1. The Morgan fingerprint density at radius 3 is 2.35 bits per heavy atom. The molecule has 0 atom stereocenters. The van der Waals surface area contributed by atoms with E-state index in [-0.39, 0.29) is 24.5 Å². The highest BCUT2D eigenvalue weighted by Crippen LogP contribution is 2.40. The number of amides is 1. The summed E-state index contributed by atoms with van der Waals surface area (Å²) in [6, 6.07) is 3.52. The number of halogens is 1. The van der Waals surface area contributed by atoms with E-state index in [9.17, 15) is 13.8 Å². The third-order valence-corrected chi connectivity index (χ3v) is 3.04. The molecule has 1 amide bonds. The highest BCUT2D eigenvalue weighted by molar-refractivity contribution is 7.24. The van der Waals surface area contributed by atoms with E-state index in [4.69, 9.17) is 15.2 Å². The number of nitrogens with two attached hydrogens (primary N) is 1. The number of primary amides is 1. The zero-order chi connectivity index (χ0) is 15.2. The van der Waals surface area contributed by atoms with Crippen molar-refractivity contribution in [3.63, 3.8) is 0 Å². The fourth-order valence-corrected chi connectivity index (χ4v) is 2.27. The second kappa shape index (κ2) is 7.28. The number of hydrogen-bond donors (Lipinski definition) is 1. The molecule has 1 aromatic carbocycles. The van der Waals surface area contributed by atoms with Crippen LogP contribution in [0.4, 0.5) is 9.18 Å². The summed E-state index contributed by atoms with van der Waals surface area (Å²) in [5.41, 5.74) is 3.05. The third-order valence-electron chi connectivity index (χ3n) is 2.30. The zero-order valence-corrected chi connectivity index (χ0v) is 12.0. The van der Waals surface area contributed by atoms with Gasteiger partial charge in [0, 0.05) is 19.3 Å². The number of carbonyl (C=O) groups excluding carboxylic acids is 1. The first kappa shape index (κ1) is 16.5. The molecule has 0 radical (unpaired) electrons. The average Bonchev–Trinajstić information content (AvgIpc) is 2.38. The van der Waals surface area contributed by atoms with Crippen LogP contribution in [-0.4, -0.2) is 19.3 Å². The van der Waals surface area contributed by atoms with E-state index in [2.05, 4.69) is 4.74 Å². The quantitative estimate of drug-likeness (QED) is 0.618. The lowest BCUT2D eigenvalue weighted by molar-refractivity contribution is -0.178. The van der Waals surface area contributed by atoms with Crippen molar-refractivity contribution in [2.45, 2.75) is 19.4 Å². The van der Waals surface area contributed by atoms with Gasteiger partial charge in [0.25, 0.3) is 5.53 Å². The van der Waals surface area contributed by atoms with Gasteiger partial charge in [0.15, 0.2) is 0 Å². The topological polar surface area (TPSA) is 87.8 Å². The SMILES string of the molecule is CCOC(OCC)(P=O)c1ccc(OC(N)=O)cc1F. The minimum Gasteiger partial charge on any atom is -0.410 e. The molecular formula is C12H15FNO5P. The Balaban J connectivity index is 3.20. The van der Waals surface area contributed by atoms with Gasteiger partial charge in [0.1, 0.15) is 11.6 Å². The largest absolute Gasteiger partial charge is 0.410 e. The van der Waals surface area contributed by atoms with Gasteiger partial charge in [-0.25, -0.2) is 9.18 Å². The number of rotatable bonds is 7. The summed E-state index contributed by atoms with van der Waals surface area (Å²) >= 11 is 0. The molecule has 1 aromatic rings. The van der Waals surface area contributed by atoms with E-state index in [0.29, 0.717) is 0 Å². The van der Waals surface area contributed by atoms with Crippen LogP contribution in [0.3, 0.4) is 0 Å². The van der Waals surface area contributed by atoms with Crippen molar-refractivity contribution in [1.29, 1.82) is 0 Å². The van der Waals surface area contributed by atoms with Gasteiger partial charge in [-0.15, -0.1) is 0 Å². The molecule has 0 unspecified atom stereocenters. The first-order chi connectivity index (χ1) is 9.49. The predicted octanol–water partition coefficient (Wildman–Crippen LogP) is 2.76. The molecule has 6 nitrogen and oxygen atoms in total. The normalized spacial score (nSPS) is 11.6. The van der Waals surface area contributed by atoms with Gasteiger partial charge in [0.05, 0.1) is 5.56 Å². The molecule has 0 saturated carbocycles. The first-order valence-corrected chi connectivity index (χ1v) is 6.70. The fourth-order valence-electron chi connectivity index (χ4n) is 1.62. The van der Waals surface area contributed by atoms with E-state index in [1.165, 1.54) is 12.1 Å². The highest BCUT2D eigenvalue weighted by atomic mass is 31.1. The van der Waals surface area contributed by atoms with Crippen molar-refractivity contribution in [1.82, 2.24) is 0 Å². The fraction of sp³-hybridized carbons (Fsp3) is 0.417. The van der Waals surface area contributed by atoms with Crippen molar-refractivity contribution in [3.8, 4) is 5.75 Å². The standard InChI is InChI=1S/C12H15FNO5P/c1-3-17-12(20-16,18-4-2)9-6-5-8(7-10(9)13)19-11(14)15/h5-7H,3-4H2,1-2H3,(H2,14,15). The predicted molar refractivity (Wildman–Crippen MR) is 69.1 cm³/mol. The van der Waals surface area contributed by atoms with Crippen molar-refractivity contribution in [3.05, 3.63) is 29.6 Å². The summed E-state index contributed by atoms with van der Waals surface area (Å²) < 4.78 is 40.6.